The number of hydrogen-bond donors (Lipinski definition) is 4. The highest BCUT2D eigenvalue weighted by molar-refractivity contribution is 6.27. The van der Waals surface area contributed by atoms with Crippen molar-refractivity contribution in [3.05, 3.63) is 70.2 Å². The van der Waals surface area contributed by atoms with Gasteiger partial charge in [-0.25, -0.2) is 0 Å². The summed E-state index contributed by atoms with van der Waals surface area (Å²) >= 11 is 0. The Bertz CT molecular complexity index is 1690. The van der Waals surface area contributed by atoms with Crippen LogP contribution in [-0.4, -0.2) is 75.9 Å². The van der Waals surface area contributed by atoms with Gasteiger partial charge in [-0.05, 0) is 33.8 Å². The van der Waals surface area contributed by atoms with Gasteiger partial charge in [0.05, 0.1) is 41.9 Å². The Morgan fingerprint density at radius 2 is 1.56 bits per heavy atom. The van der Waals surface area contributed by atoms with E-state index in [9.17, 15) is 29.7 Å². The smallest absolute Gasteiger partial charge is 0.277 e. The van der Waals surface area contributed by atoms with E-state index in [4.69, 9.17) is 23.7 Å². The number of Topliss-reactive ketones (excluding diaryl/α,β-unsaturated/α-hetero) is 1. The molecule has 6 rings (SSSR count). The fourth-order valence-electron chi connectivity index (χ4n) is 7.46. The third-order valence-electron chi connectivity index (χ3n) is 10.5. The van der Waals surface area contributed by atoms with Gasteiger partial charge in [-0.1, -0.05) is 45.9 Å². The molecule has 1 aromatic rings. The highest BCUT2D eigenvalue weighted by Gasteiger charge is 2.52. The van der Waals surface area contributed by atoms with Crippen molar-refractivity contribution in [1.82, 2.24) is 5.32 Å². The van der Waals surface area contributed by atoms with Crippen LogP contribution in [0.4, 0.5) is 0 Å². The number of aliphatic hydroxyl groups excluding tert-OH is 2. The summed E-state index contributed by atoms with van der Waals surface area (Å²) < 4.78 is 30.5. The summed E-state index contributed by atoms with van der Waals surface area (Å²) in [6.07, 6.45) is 5.38. The largest absolute Gasteiger partial charge is 0.507 e. The van der Waals surface area contributed by atoms with Crippen LogP contribution in [0.5, 0.6) is 11.5 Å². The molecule has 0 spiro atoms. The molecule has 4 N–H and O–H groups in total. The zero-order valence-corrected chi connectivity index (χ0v) is 30.3. The second-order valence-corrected chi connectivity index (χ2v) is 14.6. The van der Waals surface area contributed by atoms with Crippen molar-refractivity contribution in [2.75, 3.05) is 7.11 Å². The summed E-state index contributed by atoms with van der Waals surface area (Å²) in [4.78, 5) is 40.4. The lowest BCUT2D eigenvalue weighted by atomic mass is 9.77. The van der Waals surface area contributed by atoms with Gasteiger partial charge >= 0.3 is 0 Å². The minimum absolute atomic E-state index is 0.00437. The summed E-state index contributed by atoms with van der Waals surface area (Å²) in [5, 5.41) is 36.9. The van der Waals surface area contributed by atoms with E-state index in [-0.39, 0.29) is 69.2 Å². The number of nitrogens with one attached hydrogen (secondary N) is 1. The Labute approximate surface area is 292 Å². The first-order chi connectivity index (χ1) is 23.3. The molecule has 7 bridgehead atoms. The number of hydrogen-bond acceptors (Lipinski definition) is 11. The van der Waals surface area contributed by atoms with E-state index in [2.05, 4.69) is 5.32 Å². The lowest BCUT2D eigenvalue weighted by Gasteiger charge is -2.49. The van der Waals surface area contributed by atoms with Gasteiger partial charge < -0.3 is 44.3 Å². The number of allylic oxidation sites excluding steroid dienone is 4. The van der Waals surface area contributed by atoms with Crippen molar-refractivity contribution in [2.24, 2.45) is 23.7 Å². The second kappa shape index (κ2) is 13.7. The van der Waals surface area contributed by atoms with Gasteiger partial charge in [-0.3, -0.25) is 14.4 Å². The molecule has 4 aliphatic heterocycles. The van der Waals surface area contributed by atoms with Crippen LogP contribution in [0.1, 0.15) is 93.3 Å². The number of amides is 1. The molecule has 1 saturated heterocycles. The van der Waals surface area contributed by atoms with E-state index in [1.807, 2.05) is 47.6 Å². The van der Waals surface area contributed by atoms with E-state index in [1.165, 1.54) is 27.2 Å². The minimum atomic E-state index is -1.77. The van der Waals surface area contributed by atoms with Crippen LogP contribution in [0.25, 0.3) is 0 Å². The van der Waals surface area contributed by atoms with Crippen molar-refractivity contribution >= 4 is 17.5 Å². The summed E-state index contributed by atoms with van der Waals surface area (Å²) in [6.45, 7) is 16.0. The van der Waals surface area contributed by atoms with Crippen LogP contribution >= 0.6 is 0 Å². The minimum Gasteiger partial charge on any atom is -0.507 e. The van der Waals surface area contributed by atoms with E-state index in [0.717, 1.165) is 6.08 Å². The van der Waals surface area contributed by atoms with Gasteiger partial charge in [-0.2, -0.15) is 0 Å². The van der Waals surface area contributed by atoms with Crippen molar-refractivity contribution in [3.8, 4) is 11.5 Å². The topological polar surface area (TPSA) is 170 Å². The molecule has 12 heteroatoms. The summed E-state index contributed by atoms with van der Waals surface area (Å²) in [5.74, 6) is -6.37. The Balaban J connectivity index is 1.58. The van der Waals surface area contributed by atoms with Crippen molar-refractivity contribution in [2.45, 2.75) is 104 Å². The second-order valence-electron chi connectivity index (χ2n) is 14.6. The molecule has 272 valence electrons. The van der Waals surface area contributed by atoms with E-state index in [1.54, 1.807) is 25.2 Å². The third kappa shape index (κ3) is 6.55. The number of aliphatic hydroxyl groups is 2. The Morgan fingerprint density at radius 3 is 2.22 bits per heavy atom. The number of aromatic hydroxyl groups is 1. The first-order valence-corrected chi connectivity index (χ1v) is 17.0. The highest BCUT2D eigenvalue weighted by Crippen LogP contribution is 2.52. The molecule has 12 nitrogen and oxygen atoms in total. The molecule has 4 heterocycles. The van der Waals surface area contributed by atoms with E-state index in [0.29, 0.717) is 0 Å². The monoisotopic (exact) mass is 695 g/mol. The number of phenols is 1. The van der Waals surface area contributed by atoms with Gasteiger partial charge in [-0.15, -0.1) is 0 Å². The predicted octanol–water partition coefficient (Wildman–Crippen LogP) is 4.71. The maximum Gasteiger partial charge on any atom is 0.277 e. The van der Waals surface area contributed by atoms with E-state index < -0.39 is 59.0 Å². The van der Waals surface area contributed by atoms with Gasteiger partial charge in [0.2, 0.25) is 5.78 Å². The van der Waals surface area contributed by atoms with Crippen LogP contribution < -0.4 is 10.1 Å². The van der Waals surface area contributed by atoms with Crippen LogP contribution in [0.2, 0.25) is 0 Å². The number of ketones is 2. The molecule has 10 atom stereocenters. The molecule has 1 aliphatic carbocycles. The number of carbonyl (C=O) groups is 3. The predicted molar refractivity (Wildman–Crippen MR) is 182 cm³/mol. The lowest BCUT2D eigenvalue weighted by Crippen LogP contribution is -2.56. The average Bonchev–Trinajstić information content (AvgIpc) is 3.32. The first-order valence-electron chi connectivity index (χ1n) is 17.0. The maximum atomic E-state index is 13.7. The van der Waals surface area contributed by atoms with Crippen LogP contribution in [0.3, 0.4) is 0 Å². The summed E-state index contributed by atoms with van der Waals surface area (Å²) in [6, 6.07) is 0. The summed E-state index contributed by atoms with van der Waals surface area (Å²) in [5.41, 5.74) is -0.542. The molecule has 50 heavy (non-hydrogen) atoms. The number of methoxy groups -OCH3 is 1. The van der Waals surface area contributed by atoms with Crippen LogP contribution in [0.15, 0.2) is 47.9 Å². The lowest BCUT2D eigenvalue weighted by molar-refractivity contribution is -0.336. The molecule has 0 aromatic heterocycles. The molecular weight excluding hydrogens is 646 g/mol. The number of rotatable bonds is 1. The molecule has 0 radical (unpaired) electrons. The Kier molecular flexibility index (Phi) is 10.3. The van der Waals surface area contributed by atoms with E-state index >= 15 is 0 Å². The van der Waals surface area contributed by atoms with Crippen molar-refractivity contribution in [1.29, 1.82) is 0 Å². The van der Waals surface area contributed by atoms with Gasteiger partial charge in [0.25, 0.3) is 11.7 Å². The normalized spacial score (nSPS) is 38.2. The molecule has 5 aliphatic rings. The number of phenolic OH excluding ortho intramolecular Hbond substituents is 1. The van der Waals surface area contributed by atoms with Crippen LogP contribution in [0, 0.1) is 30.6 Å². The van der Waals surface area contributed by atoms with Crippen molar-refractivity contribution < 1.29 is 53.4 Å². The molecular formula is C38H49NO11. The highest BCUT2D eigenvalue weighted by atomic mass is 16.7. The molecule has 0 saturated carbocycles. The first kappa shape index (κ1) is 37.4. The summed E-state index contributed by atoms with van der Waals surface area (Å²) in [7, 11) is 1.51. The maximum absolute atomic E-state index is 13.7. The molecule has 1 amide bonds. The number of fused-ring (bicyclic) bond motifs is 10. The standard InChI is InChI=1S/C38H49NO11/c1-17-12-11-13-18(2)36(45)39-23-16-24(40)26-27(31(23)43)30(42)21(5)34-28(26)35(44)38(9,50-34)47-15-14-25(46-10)19(3)29(41)20(4)33-22(6)32(17)48-37(7,8)49-33/h11-17,19-20,22,25,29,32-33,35,41-42,44H,1-10H3,(H,39,45)/b12-11+,15-14+,18-13-/t17?,19?,20?,22?,25?,29?,32?,33?,35-,38?/m1/s1. The Morgan fingerprint density at radius 1 is 0.900 bits per heavy atom. The van der Waals surface area contributed by atoms with Gasteiger partial charge in [0.1, 0.15) is 11.5 Å². The van der Waals surface area contributed by atoms with Crippen LogP contribution in [-0.2, 0) is 23.7 Å². The SMILES string of the molecule is COC1/C=C/OC2(C)Oc3c(C)c(O)c4c(c3[C@H]2O)C(=O)C=C(NC(=O)/C(C)=C\C=C\C(C)C2OC(C)(C)OC(C(C)C(O)C1C)C2C)C4=O. The Hall–Kier alpha value is -3.81. The quantitative estimate of drug-likeness (QED) is 0.321. The fourth-order valence-corrected chi connectivity index (χ4v) is 7.46. The average molecular weight is 696 g/mol. The number of carbonyl (C=O) groups excluding carboxylic acids is 3. The number of ether oxygens (including phenoxy) is 5. The van der Waals surface area contributed by atoms with Crippen molar-refractivity contribution in [3.63, 3.8) is 0 Å². The molecule has 9 unspecified atom stereocenters. The zero-order chi connectivity index (χ0) is 37.0. The number of benzene rings is 1. The fraction of sp³-hybridized carbons (Fsp3) is 0.553. The van der Waals surface area contributed by atoms with Gasteiger partial charge in [0.15, 0.2) is 17.7 Å². The van der Waals surface area contributed by atoms with Gasteiger partial charge in [0, 0.05) is 66.0 Å². The molecule has 1 aromatic carbocycles. The third-order valence-corrected chi connectivity index (χ3v) is 10.5. The molecule has 1 fully saturated rings. The zero-order valence-electron chi connectivity index (χ0n) is 30.3.